The summed E-state index contributed by atoms with van der Waals surface area (Å²) in [6.07, 6.45) is 0. The molecular weight excluding hydrogens is 372 g/mol. The normalized spacial score (nSPS) is 82.1. The molecule has 172 valence electrons. The van der Waals surface area contributed by atoms with Crippen molar-refractivity contribution in [2.24, 2.45) is 81.2 Å². The van der Waals surface area contributed by atoms with Crippen LogP contribution in [0.15, 0.2) is 0 Å². The summed E-state index contributed by atoms with van der Waals surface area (Å²) in [5.74, 6) is 0. The predicted octanol–water partition coefficient (Wildman–Crippen LogP) is 8.21. The van der Waals surface area contributed by atoms with Gasteiger partial charge in [-0.3, -0.25) is 0 Å². The zero-order valence-electron chi connectivity index (χ0n) is 23.5. The van der Waals surface area contributed by atoms with E-state index in [1.165, 1.54) is 0 Å². The Morgan fingerprint density at radius 1 is 0.194 bits per heavy atom. The number of hydrogen-bond donors (Lipinski definition) is 0. The standard InChI is InChI=1S/C31H48/c1-17(2)21(9)18(3,4)24(12)28(16)26(14)20(7,8)22(10)19(5,6)25(13)27(15)23(17,11)29(21,24)31(27,28)30(22,25)26/h1-16H3. The average Bonchev–Trinajstić information content (AvgIpc) is 2.66. The van der Waals surface area contributed by atoms with Crippen LogP contribution in [0, 0.1) is 81.2 Å². The van der Waals surface area contributed by atoms with Crippen LogP contribution in [-0.2, 0) is 0 Å². The van der Waals surface area contributed by atoms with Crippen LogP contribution in [0.1, 0.15) is 111 Å². The van der Waals surface area contributed by atoms with E-state index >= 15 is 0 Å². The third-order valence-corrected chi connectivity index (χ3v) is 21.1. The maximum absolute atomic E-state index is 2.83. The van der Waals surface area contributed by atoms with Crippen molar-refractivity contribution < 1.29 is 0 Å². The first-order chi connectivity index (χ1) is 13.5. The molecule has 4 atom stereocenters. The van der Waals surface area contributed by atoms with E-state index in [1.807, 2.05) is 0 Å². The van der Waals surface area contributed by atoms with Gasteiger partial charge in [-0.2, -0.15) is 0 Å². The van der Waals surface area contributed by atoms with Gasteiger partial charge in [0.15, 0.2) is 0 Å². The molecule has 8 fully saturated rings. The molecule has 0 heteroatoms. The van der Waals surface area contributed by atoms with Crippen LogP contribution >= 0.6 is 0 Å². The van der Waals surface area contributed by atoms with Crippen molar-refractivity contribution in [3.63, 3.8) is 0 Å². The number of fused-ring (bicyclic) bond motifs is 4. The smallest absolute Gasteiger partial charge is 0.00206 e. The SMILES string of the molecule is CC1(C)C2(C)C(C)(C)C3(C)C4(C)C5(C)C(C)(C)C6(C)C(C)(C)C7(C)C8(C)C1(C)C23C84C675. The van der Waals surface area contributed by atoms with E-state index in [1.54, 1.807) is 0 Å². The summed E-state index contributed by atoms with van der Waals surface area (Å²) in [4.78, 5) is 0. The number of hydrogen-bond acceptors (Lipinski definition) is 0. The molecule has 0 bridgehead atoms. The lowest BCUT2D eigenvalue weighted by Crippen LogP contribution is -3.35. The highest BCUT2D eigenvalue weighted by Crippen LogP contribution is 3.39. The Morgan fingerprint density at radius 3 is 0.581 bits per heavy atom. The second kappa shape index (κ2) is 3.11. The first-order valence-electron chi connectivity index (χ1n) is 13.5. The van der Waals surface area contributed by atoms with E-state index in [-0.39, 0.29) is 0 Å². The van der Waals surface area contributed by atoms with Crippen molar-refractivity contribution in [2.75, 3.05) is 0 Å². The highest BCUT2D eigenvalue weighted by atomic mass is 15.4. The van der Waals surface area contributed by atoms with Gasteiger partial charge in [-0.1, -0.05) is 111 Å². The van der Waals surface area contributed by atoms with E-state index in [4.69, 9.17) is 0 Å². The Hall–Kier alpha value is 0. The topological polar surface area (TPSA) is 0 Å². The molecule has 3 spiro atoms. The molecule has 0 nitrogen and oxygen atoms in total. The molecule has 0 saturated heterocycles. The maximum atomic E-state index is 2.83. The van der Waals surface area contributed by atoms with Gasteiger partial charge in [0, 0.05) is 0 Å². The Labute approximate surface area is 192 Å². The van der Waals surface area contributed by atoms with Crippen molar-refractivity contribution in [1.29, 1.82) is 0 Å². The molecule has 0 radical (unpaired) electrons. The second-order valence-electron chi connectivity index (χ2n) is 17.8. The van der Waals surface area contributed by atoms with Gasteiger partial charge in [0.05, 0.1) is 0 Å². The molecule has 8 rings (SSSR count). The summed E-state index contributed by atoms with van der Waals surface area (Å²) in [6, 6.07) is 0. The van der Waals surface area contributed by atoms with Gasteiger partial charge >= 0.3 is 0 Å². The summed E-state index contributed by atoms with van der Waals surface area (Å²) in [6.45, 7) is 43.9. The minimum atomic E-state index is 0.391. The van der Waals surface area contributed by atoms with Crippen molar-refractivity contribution in [1.82, 2.24) is 0 Å². The van der Waals surface area contributed by atoms with Crippen LogP contribution in [0.5, 0.6) is 0 Å². The Morgan fingerprint density at radius 2 is 0.387 bits per heavy atom. The predicted molar refractivity (Wildman–Crippen MR) is 127 cm³/mol. The fourth-order valence-corrected chi connectivity index (χ4v) is 20.8. The Kier molecular flexibility index (Phi) is 1.94. The van der Waals surface area contributed by atoms with Crippen LogP contribution in [0.25, 0.3) is 0 Å². The van der Waals surface area contributed by atoms with E-state index in [9.17, 15) is 0 Å². The molecule has 0 N–H and O–H groups in total. The molecule has 4 unspecified atom stereocenters. The first kappa shape index (κ1) is 19.3. The van der Waals surface area contributed by atoms with E-state index in [2.05, 4.69) is 111 Å². The van der Waals surface area contributed by atoms with Crippen LogP contribution in [-0.4, -0.2) is 0 Å². The molecule has 0 aliphatic heterocycles. The van der Waals surface area contributed by atoms with Gasteiger partial charge in [0.1, 0.15) is 0 Å². The molecule has 0 aromatic carbocycles. The van der Waals surface area contributed by atoms with Gasteiger partial charge in [-0.25, -0.2) is 0 Å². The average molecular weight is 421 g/mol. The highest BCUT2D eigenvalue weighted by Gasteiger charge is 3.36. The van der Waals surface area contributed by atoms with Crippen LogP contribution in [0.4, 0.5) is 0 Å². The molecule has 8 aliphatic rings. The molecule has 8 aliphatic carbocycles. The molecule has 0 aromatic heterocycles. The van der Waals surface area contributed by atoms with Crippen molar-refractivity contribution >= 4 is 0 Å². The van der Waals surface area contributed by atoms with Gasteiger partial charge in [0.2, 0.25) is 0 Å². The minimum absolute atomic E-state index is 0.391. The monoisotopic (exact) mass is 420 g/mol. The number of rotatable bonds is 0. The van der Waals surface area contributed by atoms with Crippen molar-refractivity contribution in [2.45, 2.75) is 111 Å². The summed E-state index contributed by atoms with van der Waals surface area (Å²) in [7, 11) is 0. The van der Waals surface area contributed by atoms with Gasteiger partial charge in [0.25, 0.3) is 0 Å². The van der Waals surface area contributed by atoms with Crippen LogP contribution in [0.2, 0.25) is 0 Å². The molecule has 31 heavy (non-hydrogen) atoms. The molecule has 8 saturated carbocycles. The Balaban J connectivity index is 1.57. The van der Waals surface area contributed by atoms with Gasteiger partial charge in [-0.05, 0) is 81.2 Å². The summed E-state index contributed by atoms with van der Waals surface area (Å²) in [5, 5.41) is 0. The lowest BCUT2D eigenvalue weighted by atomic mass is 8.65. The zero-order chi connectivity index (χ0) is 23.5. The van der Waals surface area contributed by atoms with E-state index in [0.29, 0.717) is 81.2 Å². The second-order valence-corrected chi connectivity index (χ2v) is 17.8. The third-order valence-electron chi connectivity index (χ3n) is 21.1. The lowest BCUT2D eigenvalue weighted by Gasteiger charge is -3.37. The largest absolute Gasteiger partial charge is 0.0588 e. The quantitative estimate of drug-likeness (QED) is 0.370. The lowest BCUT2D eigenvalue weighted by molar-refractivity contribution is -0.920. The molecule has 0 aromatic rings. The van der Waals surface area contributed by atoms with Crippen LogP contribution in [0.3, 0.4) is 0 Å². The van der Waals surface area contributed by atoms with Crippen molar-refractivity contribution in [3.8, 4) is 0 Å². The van der Waals surface area contributed by atoms with Gasteiger partial charge < -0.3 is 0 Å². The highest BCUT2D eigenvalue weighted by molar-refractivity contribution is 5.81. The third kappa shape index (κ3) is 0.600. The molecule has 0 amide bonds. The molecule has 0 heterocycles. The zero-order valence-corrected chi connectivity index (χ0v) is 23.5. The van der Waals surface area contributed by atoms with Crippen LogP contribution < -0.4 is 0 Å². The van der Waals surface area contributed by atoms with E-state index < -0.39 is 0 Å². The van der Waals surface area contributed by atoms with Crippen molar-refractivity contribution in [3.05, 3.63) is 0 Å². The Bertz CT molecular complexity index is 989. The fraction of sp³-hybridized carbons (Fsp3) is 1.00. The minimum Gasteiger partial charge on any atom is -0.0588 e. The summed E-state index contributed by atoms with van der Waals surface area (Å²) < 4.78 is 0. The fourth-order valence-electron chi connectivity index (χ4n) is 20.8. The summed E-state index contributed by atoms with van der Waals surface area (Å²) in [5.41, 5.74) is 6.84. The van der Waals surface area contributed by atoms with Gasteiger partial charge in [-0.15, -0.1) is 0 Å². The maximum Gasteiger partial charge on any atom is -0.00206 e. The first-order valence-corrected chi connectivity index (χ1v) is 13.5. The summed E-state index contributed by atoms with van der Waals surface area (Å²) >= 11 is 0. The molecular formula is C31H48. The van der Waals surface area contributed by atoms with E-state index in [0.717, 1.165) is 0 Å².